The first-order chi connectivity index (χ1) is 16.2. The van der Waals surface area contributed by atoms with Gasteiger partial charge in [0.05, 0.1) is 17.7 Å². The van der Waals surface area contributed by atoms with Crippen molar-refractivity contribution in [3.63, 3.8) is 0 Å². The maximum absolute atomic E-state index is 12.5. The van der Waals surface area contributed by atoms with Crippen LogP contribution in [0.5, 0.6) is 5.75 Å². The van der Waals surface area contributed by atoms with E-state index in [4.69, 9.17) is 15.8 Å². The Morgan fingerprint density at radius 2 is 1.71 bits per heavy atom. The second-order valence-electron chi connectivity index (χ2n) is 6.73. The van der Waals surface area contributed by atoms with E-state index in [0.29, 0.717) is 16.8 Å². The highest BCUT2D eigenvalue weighted by Gasteiger charge is 2.18. The average Bonchev–Trinajstić information content (AvgIpc) is 2.84. The summed E-state index contributed by atoms with van der Waals surface area (Å²) >= 11 is 6.17. The predicted octanol–water partition coefficient (Wildman–Crippen LogP) is 4.44. The van der Waals surface area contributed by atoms with Crippen molar-refractivity contribution in [1.82, 2.24) is 0 Å². The van der Waals surface area contributed by atoms with Crippen LogP contribution in [0.2, 0.25) is 5.02 Å². The number of methoxy groups -OCH3 is 1. The lowest BCUT2D eigenvalue weighted by Gasteiger charge is -2.09. The number of carbonyl (C=O) groups is 2. The van der Waals surface area contributed by atoms with Gasteiger partial charge in [0.25, 0.3) is 5.91 Å². The van der Waals surface area contributed by atoms with Crippen LogP contribution in [-0.2, 0) is 19.6 Å². The number of anilines is 1. The van der Waals surface area contributed by atoms with Crippen LogP contribution < -0.4 is 9.50 Å². The first-order valence-electron chi connectivity index (χ1n) is 9.64. The van der Waals surface area contributed by atoms with Crippen LogP contribution in [-0.4, -0.2) is 27.4 Å². The topological polar surface area (TPSA) is 123 Å². The van der Waals surface area contributed by atoms with E-state index in [0.717, 1.165) is 0 Å². The van der Waals surface area contributed by atoms with Gasteiger partial charge >= 0.3 is 16.1 Å². The molecule has 10 heteroatoms. The number of carbonyl (C=O) groups excluding carboxylic acids is 2. The molecule has 0 fully saturated rings. The predicted molar refractivity (Wildman–Crippen MR) is 126 cm³/mol. The zero-order chi connectivity index (χ0) is 24.7. The summed E-state index contributed by atoms with van der Waals surface area (Å²) in [6.07, 6.45) is 1.29. The first-order valence-corrected chi connectivity index (χ1v) is 11.4. The van der Waals surface area contributed by atoms with Gasteiger partial charge in [-0.1, -0.05) is 35.9 Å². The number of nitriles is 1. The molecule has 0 aromatic heterocycles. The Kier molecular flexibility index (Phi) is 7.68. The summed E-state index contributed by atoms with van der Waals surface area (Å²) in [6, 6.07) is 19.5. The van der Waals surface area contributed by atoms with E-state index in [1.165, 1.54) is 67.8 Å². The molecule has 0 heterocycles. The monoisotopic (exact) mass is 496 g/mol. The smallest absolute Gasteiger partial charge is 0.339 e. The van der Waals surface area contributed by atoms with Gasteiger partial charge in [-0.2, -0.15) is 13.7 Å². The zero-order valence-corrected chi connectivity index (χ0v) is 19.3. The maximum atomic E-state index is 12.5. The molecular formula is C24H17ClN2O6S. The quantitative estimate of drug-likeness (QED) is 0.222. The van der Waals surface area contributed by atoms with E-state index in [-0.39, 0.29) is 21.2 Å². The minimum absolute atomic E-state index is 0.0237. The van der Waals surface area contributed by atoms with Crippen molar-refractivity contribution in [2.75, 3.05) is 12.4 Å². The van der Waals surface area contributed by atoms with Crippen molar-refractivity contribution in [1.29, 1.82) is 5.26 Å². The van der Waals surface area contributed by atoms with Crippen LogP contribution in [0, 0.1) is 11.3 Å². The molecule has 1 N–H and O–H groups in total. The van der Waals surface area contributed by atoms with Crippen molar-refractivity contribution in [2.45, 2.75) is 4.90 Å². The molecule has 172 valence electrons. The molecule has 3 aromatic carbocycles. The number of hydrogen-bond donors (Lipinski definition) is 1. The van der Waals surface area contributed by atoms with Crippen molar-refractivity contribution < 1.29 is 26.9 Å². The van der Waals surface area contributed by atoms with Crippen LogP contribution in [0.15, 0.2) is 83.3 Å². The summed E-state index contributed by atoms with van der Waals surface area (Å²) in [5, 5.41) is 11.9. The fourth-order valence-electron chi connectivity index (χ4n) is 2.75. The van der Waals surface area contributed by atoms with E-state index in [9.17, 15) is 23.3 Å². The molecule has 3 aromatic rings. The van der Waals surface area contributed by atoms with Crippen LogP contribution in [0.1, 0.15) is 15.9 Å². The van der Waals surface area contributed by atoms with Crippen LogP contribution in [0.25, 0.3) is 6.08 Å². The van der Waals surface area contributed by atoms with Gasteiger partial charge in [0.2, 0.25) is 0 Å². The number of benzene rings is 3. The molecule has 0 aliphatic carbocycles. The lowest BCUT2D eigenvalue weighted by molar-refractivity contribution is -0.112. The number of ether oxygens (including phenoxy) is 1. The number of nitrogens with zero attached hydrogens (tertiary/aromatic N) is 1. The highest BCUT2D eigenvalue weighted by molar-refractivity contribution is 7.87. The molecule has 8 nitrogen and oxygen atoms in total. The molecule has 0 atom stereocenters. The summed E-state index contributed by atoms with van der Waals surface area (Å²) in [6.45, 7) is 0. The fraction of sp³-hybridized carbons (Fsp3) is 0.0417. The van der Waals surface area contributed by atoms with Gasteiger partial charge in [-0.3, -0.25) is 4.79 Å². The van der Waals surface area contributed by atoms with Crippen LogP contribution in [0.3, 0.4) is 0 Å². The molecule has 0 aliphatic rings. The highest BCUT2D eigenvalue weighted by atomic mass is 35.5. The molecule has 0 saturated heterocycles. The van der Waals surface area contributed by atoms with E-state index in [2.05, 4.69) is 10.1 Å². The summed E-state index contributed by atoms with van der Waals surface area (Å²) < 4.78 is 34.5. The highest BCUT2D eigenvalue weighted by Crippen LogP contribution is 2.29. The molecule has 1 amide bonds. The Balaban J connectivity index is 1.76. The molecule has 0 radical (unpaired) electrons. The van der Waals surface area contributed by atoms with E-state index in [1.54, 1.807) is 18.2 Å². The van der Waals surface area contributed by atoms with Gasteiger partial charge < -0.3 is 14.2 Å². The number of amides is 1. The number of nitrogens with one attached hydrogen (secondary N) is 1. The van der Waals surface area contributed by atoms with Gasteiger partial charge in [0, 0.05) is 5.69 Å². The fourth-order valence-corrected chi connectivity index (χ4v) is 3.99. The van der Waals surface area contributed by atoms with Gasteiger partial charge in [-0.15, -0.1) is 0 Å². The molecule has 34 heavy (non-hydrogen) atoms. The summed E-state index contributed by atoms with van der Waals surface area (Å²) in [4.78, 5) is 23.9. The van der Waals surface area contributed by atoms with Gasteiger partial charge in [0.1, 0.15) is 16.5 Å². The Hall–Kier alpha value is -4.13. The summed E-state index contributed by atoms with van der Waals surface area (Å²) in [5.74, 6) is -1.30. The summed E-state index contributed by atoms with van der Waals surface area (Å²) in [7, 11) is -2.82. The molecule has 0 saturated carbocycles. The van der Waals surface area contributed by atoms with E-state index >= 15 is 0 Å². The Bertz CT molecular complexity index is 1400. The van der Waals surface area contributed by atoms with Crippen LogP contribution >= 0.6 is 11.6 Å². The third-order valence-electron chi connectivity index (χ3n) is 4.43. The average molecular weight is 497 g/mol. The van der Waals surface area contributed by atoms with E-state index in [1.807, 2.05) is 6.07 Å². The van der Waals surface area contributed by atoms with Crippen LogP contribution in [0.4, 0.5) is 5.69 Å². The molecule has 0 aliphatic heterocycles. The first kappa shape index (κ1) is 24.5. The molecular weight excluding hydrogens is 480 g/mol. The number of hydrogen-bond acceptors (Lipinski definition) is 7. The largest absolute Gasteiger partial charge is 0.465 e. The molecule has 0 unspecified atom stereocenters. The maximum Gasteiger partial charge on any atom is 0.339 e. The van der Waals surface area contributed by atoms with Crippen molar-refractivity contribution in [2.24, 2.45) is 0 Å². The van der Waals surface area contributed by atoms with Crippen molar-refractivity contribution >= 4 is 45.4 Å². The van der Waals surface area contributed by atoms with Crippen molar-refractivity contribution in [3.05, 3.63) is 94.5 Å². The third kappa shape index (κ3) is 6.01. The molecule has 0 spiro atoms. The third-order valence-corrected chi connectivity index (χ3v) is 5.97. The number of esters is 1. The second kappa shape index (κ2) is 10.7. The zero-order valence-electron chi connectivity index (χ0n) is 17.7. The summed E-state index contributed by atoms with van der Waals surface area (Å²) in [5.41, 5.74) is 0.829. The SMILES string of the molecule is COC(=O)c1ccc(NC(=O)/C(C#N)=C/c2ccc(OS(=O)(=O)c3ccccc3)c(Cl)c2)cc1. The Labute approximate surface area is 201 Å². The Morgan fingerprint density at radius 1 is 1.03 bits per heavy atom. The molecule has 0 bridgehead atoms. The Morgan fingerprint density at radius 3 is 2.29 bits per heavy atom. The minimum atomic E-state index is -4.08. The minimum Gasteiger partial charge on any atom is -0.465 e. The van der Waals surface area contributed by atoms with Gasteiger partial charge in [-0.25, -0.2) is 4.79 Å². The lowest BCUT2D eigenvalue weighted by atomic mass is 10.1. The van der Waals surface area contributed by atoms with Gasteiger partial charge in [0.15, 0.2) is 5.75 Å². The van der Waals surface area contributed by atoms with E-state index < -0.39 is 22.0 Å². The van der Waals surface area contributed by atoms with Crippen molar-refractivity contribution in [3.8, 4) is 11.8 Å². The normalized spacial score (nSPS) is 11.3. The lowest BCUT2D eigenvalue weighted by Crippen LogP contribution is -2.13. The number of rotatable bonds is 7. The number of halogens is 1. The standard InChI is InChI=1S/C24H17ClN2O6S/c1-32-24(29)17-8-10-19(11-9-17)27-23(28)18(15-26)13-16-7-12-22(21(25)14-16)33-34(30,31)20-5-3-2-4-6-20/h2-14H,1H3,(H,27,28)/b18-13+. The van der Waals surface area contributed by atoms with Gasteiger partial charge in [-0.05, 0) is 60.2 Å². The second-order valence-corrected chi connectivity index (χ2v) is 8.69. The molecule has 3 rings (SSSR count).